The van der Waals surface area contributed by atoms with Crippen molar-refractivity contribution in [3.05, 3.63) is 11.6 Å². The van der Waals surface area contributed by atoms with Crippen molar-refractivity contribution < 1.29 is 4.79 Å². The van der Waals surface area contributed by atoms with E-state index in [4.69, 9.17) is 11.6 Å². The van der Waals surface area contributed by atoms with Gasteiger partial charge in [-0.15, -0.1) is 0 Å². The maximum atomic E-state index is 11.8. The molecule has 1 saturated heterocycles. The van der Waals surface area contributed by atoms with Gasteiger partial charge in [-0.1, -0.05) is 17.7 Å². The molecule has 1 N–H and O–H groups in total. The summed E-state index contributed by atoms with van der Waals surface area (Å²) in [4.78, 5) is 15.6. The van der Waals surface area contributed by atoms with Gasteiger partial charge in [0.1, 0.15) is 0 Å². The van der Waals surface area contributed by atoms with Crippen molar-refractivity contribution in [2.24, 2.45) is 0 Å². The Hall–Kier alpha value is -0.580. The molecular weight excluding hydrogens is 214 g/mol. The largest absolute Gasteiger partial charge is 0.339 e. The highest BCUT2D eigenvalue weighted by Gasteiger charge is 2.16. The first-order chi connectivity index (χ1) is 7.24. The molecule has 0 saturated carbocycles. The van der Waals surface area contributed by atoms with Crippen LogP contribution in [-0.4, -0.2) is 62.0 Å². The molecule has 1 heterocycles. The summed E-state index contributed by atoms with van der Waals surface area (Å²) in [6.45, 7) is 4.60. The Bertz CT molecular complexity index is 227. The number of nitrogens with one attached hydrogen (secondary N) is 1. The van der Waals surface area contributed by atoms with E-state index in [0.717, 1.165) is 26.2 Å². The lowest BCUT2D eigenvalue weighted by molar-refractivity contribution is -0.132. The molecule has 0 unspecified atom stereocenters. The van der Waals surface area contributed by atoms with E-state index in [0.29, 0.717) is 13.1 Å². The lowest BCUT2D eigenvalue weighted by Gasteiger charge is -2.29. The average Bonchev–Trinajstić information content (AvgIpc) is 2.27. The highest BCUT2D eigenvalue weighted by molar-refractivity contribution is 6.25. The van der Waals surface area contributed by atoms with Gasteiger partial charge in [-0.3, -0.25) is 9.69 Å². The van der Waals surface area contributed by atoms with Gasteiger partial charge in [0, 0.05) is 38.3 Å². The van der Waals surface area contributed by atoms with Crippen LogP contribution in [0.1, 0.15) is 0 Å². The van der Waals surface area contributed by atoms with Crippen molar-refractivity contribution in [2.75, 3.05) is 46.3 Å². The first-order valence-electron chi connectivity index (χ1n) is 5.16. The fourth-order valence-corrected chi connectivity index (χ4v) is 1.61. The zero-order valence-electron chi connectivity index (χ0n) is 9.08. The number of likely N-dealkylation sites (N-methyl/N-ethyl adjacent to an activating group) is 1. The van der Waals surface area contributed by atoms with Gasteiger partial charge >= 0.3 is 0 Å². The van der Waals surface area contributed by atoms with Crippen LogP contribution in [0, 0.1) is 0 Å². The Balaban J connectivity index is 2.27. The minimum atomic E-state index is 0.196. The summed E-state index contributed by atoms with van der Waals surface area (Å²) in [6, 6.07) is 0. The molecule has 0 bridgehead atoms. The number of halogens is 1. The molecule has 1 amide bonds. The van der Waals surface area contributed by atoms with Gasteiger partial charge in [-0.2, -0.15) is 0 Å². The number of hydrogen-bond acceptors (Lipinski definition) is 3. The first-order valence-corrected chi connectivity index (χ1v) is 5.60. The fourth-order valence-electron chi connectivity index (χ4n) is 1.53. The summed E-state index contributed by atoms with van der Waals surface area (Å²) in [5.74, 6) is 0.196. The van der Waals surface area contributed by atoms with E-state index < -0.39 is 0 Å². The molecule has 1 rings (SSSR count). The molecule has 0 aromatic rings. The third-order valence-electron chi connectivity index (χ3n) is 2.38. The zero-order chi connectivity index (χ0) is 11.1. The number of rotatable bonds is 4. The van der Waals surface area contributed by atoms with Gasteiger partial charge in [-0.05, 0) is 7.05 Å². The van der Waals surface area contributed by atoms with Gasteiger partial charge < -0.3 is 10.2 Å². The molecule has 1 aliphatic heterocycles. The van der Waals surface area contributed by atoms with Crippen molar-refractivity contribution >= 4 is 17.5 Å². The second-order valence-corrected chi connectivity index (χ2v) is 3.94. The molecular formula is C10H18ClN3O. The third kappa shape index (κ3) is 4.64. The molecule has 1 fully saturated rings. The highest BCUT2D eigenvalue weighted by atomic mass is 35.5. The van der Waals surface area contributed by atoms with Crippen molar-refractivity contribution in [1.82, 2.24) is 15.1 Å². The Labute approximate surface area is 95.9 Å². The third-order valence-corrected chi connectivity index (χ3v) is 2.56. The van der Waals surface area contributed by atoms with E-state index in [2.05, 4.69) is 5.32 Å². The van der Waals surface area contributed by atoms with Crippen LogP contribution in [0.3, 0.4) is 0 Å². The number of amides is 1. The number of piperazine rings is 1. The van der Waals surface area contributed by atoms with Crippen LogP contribution >= 0.6 is 11.6 Å². The van der Waals surface area contributed by atoms with Crippen LogP contribution in [0.25, 0.3) is 0 Å². The normalized spacial score (nSPS) is 17.7. The number of nitrogens with zero attached hydrogens (tertiary/aromatic N) is 2. The monoisotopic (exact) mass is 231 g/mol. The zero-order valence-corrected chi connectivity index (χ0v) is 9.83. The van der Waals surface area contributed by atoms with Crippen LogP contribution < -0.4 is 5.32 Å². The van der Waals surface area contributed by atoms with Crippen molar-refractivity contribution in [2.45, 2.75) is 0 Å². The lowest BCUT2D eigenvalue weighted by atomic mass is 10.3. The topological polar surface area (TPSA) is 35.6 Å². The van der Waals surface area contributed by atoms with Gasteiger partial charge in [0.2, 0.25) is 5.91 Å². The van der Waals surface area contributed by atoms with E-state index in [-0.39, 0.29) is 5.91 Å². The molecule has 86 valence electrons. The summed E-state index contributed by atoms with van der Waals surface area (Å²) >= 11 is 5.42. The van der Waals surface area contributed by atoms with Gasteiger partial charge in [0.05, 0.1) is 6.54 Å². The van der Waals surface area contributed by atoms with E-state index >= 15 is 0 Å². The van der Waals surface area contributed by atoms with E-state index in [1.54, 1.807) is 0 Å². The van der Waals surface area contributed by atoms with Crippen LogP contribution in [0.5, 0.6) is 0 Å². The highest BCUT2D eigenvalue weighted by Crippen LogP contribution is 1.95. The molecule has 0 aliphatic carbocycles. The second kappa shape index (κ2) is 6.82. The molecule has 15 heavy (non-hydrogen) atoms. The standard InChI is InChI=1S/C10H18ClN3O/c1-13(6-2-3-11)9-10(15)14-7-4-12-5-8-14/h2-3,12H,4-9H2,1H3/b3-2+. The molecule has 0 aromatic carbocycles. The minimum absolute atomic E-state index is 0.196. The average molecular weight is 232 g/mol. The SMILES string of the molecule is CN(C/C=C/Cl)CC(=O)N1CCNCC1. The maximum absolute atomic E-state index is 11.8. The molecule has 0 radical (unpaired) electrons. The molecule has 4 nitrogen and oxygen atoms in total. The summed E-state index contributed by atoms with van der Waals surface area (Å²) in [5, 5.41) is 3.22. The predicted octanol–water partition coefficient (Wildman–Crippen LogP) is 0.103. The molecule has 5 heteroatoms. The summed E-state index contributed by atoms with van der Waals surface area (Å²) in [7, 11) is 1.91. The van der Waals surface area contributed by atoms with E-state index in [1.807, 2.05) is 22.9 Å². The molecule has 0 spiro atoms. The van der Waals surface area contributed by atoms with Crippen molar-refractivity contribution in [3.8, 4) is 0 Å². The minimum Gasteiger partial charge on any atom is -0.339 e. The Morgan fingerprint density at radius 2 is 2.20 bits per heavy atom. The Kier molecular flexibility index (Phi) is 5.68. The van der Waals surface area contributed by atoms with Crippen LogP contribution in [0.4, 0.5) is 0 Å². The van der Waals surface area contributed by atoms with E-state index in [9.17, 15) is 4.79 Å². The maximum Gasteiger partial charge on any atom is 0.236 e. The lowest BCUT2D eigenvalue weighted by Crippen LogP contribution is -2.49. The summed E-state index contributed by atoms with van der Waals surface area (Å²) in [6.07, 6.45) is 1.83. The van der Waals surface area contributed by atoms with Crippen molar-refractivity contribution in [1.29, 1.82) is 0 Å². The quantitative estimate of drug-likeness (QED) is 0.746. The smallest absolute Gasteiger partial charge is 0.236 e. The molecule has 0 aromatic heterocycles. The molecule has 1 aliphatic rings. The number of carbonyl (C=O) groups is 1. The van der Waals surface area contributed by atoms with Crippen LogP contribution in [0.15, 0.2) is 11.6 Å². The second-order valence-electron chi connectivity index (χ2n) is 3.69. The Morgan fingerprint density at radius 3 is 2.80 bits per heavy atom. The fraction of sp³-hybridized carbons (Fsp3) is 0.700. The van der Waals surface area contributed by atoms with E-state index in [1.165, 1.54) is 5.54 Å². The molecule has 0 atom stereocenters. The van der Waals surface area contributed by atoms with Gasteiger partial charge in [0.15, 0.2) is 0 Å². The van der Waals surface area contributed by atoms with Gasteiger partial charge in [0.25, 0.3) is 0 Å². The predicted molar refractivity (Wildman–Crippen MR) is 61.9 cm³/mol. The Morgan fingerprint density at radius 1 is 1.53 bits per heavy atom. The van der Waals surface area contributed by atoms with Crippen LogP contribution in [-0.2, 0) is 4.79 Å². The number of carbonyl (C=O) groups excluding carboxylic acids is 1. The summed E-state index contributed by atoms with van der Waals surface area (Å²) in [5.41, 5.74) is 1.48. The first kappa shape index (κ1) is 12.5. The van der Waals surface area contributed by atoms with Crippen molar-refractivity contribution in [3.63, 3.8) is 0 Å². The summed E-state index contributed by atoms with van der Waals surface area (Å²) < 4.78 is 0. The van der Waals surface area contributed by atoms with Crippen LogP contribution in [0.2, 0.25) is 0 Å². The van der Waals surface area contributed by atoms with Gasteiger partial charge in [-0.25, -0.2) is 0 Å². The number of hydrogen-bond donors (Lipinski definition) is 1.